The van der Waals surface area contributed by atoms with Gasteiger partial charge in [0, 0.05) is 32.4 Å². The first-order valence-electron chi connectivity index (χ1n) is 9.33. The number of rotatable bonds is 6. The van der Waals surface area contributed by atoms with Gasteiger partial charge in [0.1, 0.15) is 0 Å². The number of pyridine rings is 1. The zero-order valence-electron chi connectivity index (χ0n) is 16.2. The van der Waals surface area contributed by atoms with E-state index in [1.165, 1.54) is 11.0 Å². The highest BCUT2D eigenvalue weighted by Gasteiger charge is 2.42. The Bertz CT molecular complexity index is 861. The summed E-state index contributed by atoms with van der Waals surface area (Å²) in [6.07, 6.45) is 2.73. The van der Waals surface area contributed by atoms with E-state index in [0.29, 0.717) is 31.5 Å². The SMILES string of the molecule is Cc1cccnc1CN(C)CC1(O)CCCN(Cc2ccc(F)c(F)c2)C1=O. The summed E-state index contributed by atoms with van der Waals surface area (Å²) in [6, 6.07) is 7.43. The van der Waals surface area contributed by atoms with E-state index < -0.39 is 17.2 Å². The number of likely N-dealkylation sites (tertiary alicyclic amines) is 1. The van der Waals surface area contributed by atoms with Gasteiger partial charge in [0.15, 0.2) is 17.2 Å². The lowest BCUT2D eigenvalue weighted by Gasteiger charge is -2.40. The third-order valence-electron chi connectivity index (χ3n) is 5.13. The minimum Gasteiger partial charge on any atom is -0.379 e. The van der Waals surface area contributed by atoms with E-state index in [2.05, 4.69) is 4.98 Å². The number of aromatic nitrogens is 1. The van der Waals surface area contributed by atoms with Gasteiger partial charge in [0.05, 0.1) is 5.69 Å². The molecular formula is C21H25F2N3O2. The van der Waals surface area contributed by atoms with E-state index >= 15 is 0 Å². The van der Waals surface area contributed by atoms with Crippen molar-refractivity contribution in [3.63, 3.8) is 0 Å². The number of hydrogen-bond donors (Lipinski definition) is 1. The Balaban J connectivity index is 1.67. The molecule has 1 aliphatic rings. The fraction of sp³-hybridized carbons (Fsp3) is 0.429. The van der Waals surface area contributed by atoms with Crippen LogP contribution in [0.4, 0.5) is 8.78 Å². The maximum Gasteiger partial charge on any atom is 0.256 e. The van der Waals surface area contributed by atoms with E-state index in [9.17, 15) is 18.7 Å². The van der Waals surface area contributed by atoms with Crippen LogP contribution in [-0.2, 0) is 17.9 Å². The summed E-state index contributed by atoms with van der Waals surface area (Å²) >= 11 is 0. The predicted molar refractivity (Wildman–Crippen MR) is 101 cm³/mol. The molecule has 28 heavy (non-hydrogen) atoms. The Labute approximate surface area is 163 Å². The standard InChI is InChI=1S/C21H25F2N3O2/c1-15-5-3-9-24-19(15)13-25(2)14-21(28)8-4-10-26(20(21)27)12-16-6-7-17(22)18(23)11-16/h3,5-7,9,11,28H,4,8,10,12-14H2,1-2H3. The second-order valence-corrected chi connectivity index (χ2v) is 7.55. The Hall–Kier alpha value is -2.38. The quantitative estimate of drug-likeness (QED) is 0.825. The number of piperidine rings is 1. The molecule has 1 atom stereocenters. The molecule has 0 spiro atoms. The summed E-state index contributed by atoms with van der Waals surface area (Å²) in [6.45, 7) is 3.28. The zero-order chi connectivity index (χ0) is 20.3. The molecule has 1 saturated heterocycles. The van der Waals surface area contributed by atoms with E-state index in [0.717, 1.165) is 23.4 Å². The highest BCUT2D eigenvalue weighted by atomic mass is 19.2. The van der Waals surface area contributed by atoms with Crippen molar-refractivity contribution >= 4 is 5.91 Å². The number of hydrogen-bond acceptors (Lipinski definition) is 4. The molecule has 2 aromatic rings. The number of likely N-dealkylation sites (N-methyl/N-ethyl adjacent to an activating group) is 1. The Kier molecular flexibility index (Phi) is 6.05. The molecule has 7 heteroatoms. The monoisotopic (exact) mass is 389 g/mol. The van der Waals surface area contributed by atoms with Crippen LogP contribution in [0.25, 0.3) is 0 Å². The maximum absolute atomic E-state index is 13.5. The van der Waals surface area contributed by atoms with Gasteiger partial charge in [-0.15, -0.1) is 0 Å². The average Bonchev–Trinajstić information content (AvgIpc) is 2.64. The van der Waals surface area contributed by atoms with Crippen LogP contribution < -0.4 is 0 Å². The van der Waals surface area contributed by atoms with Crippen molar-refractivity contribution < 1.29 is 18.7 Å². The van der Waals surface area contributed by atoms with Crippen molar-refractivity contribution in [2.24, 2.45) is 0 Å². The van der Waals surface area contributed by atoms with Crippen LogP contribution in [0.5, 0.6) is 0 Å². The largest absolute Gasteiger partial charge is 0.379 e. The number of aryl methyl sites for hydroxylation is 1. The summed E-state index contributed by atoms with van der Waals surface area (Å²) in [5.41, 5.74) is 0.939. The first kappa shape index (κ1) is 20.4. The van der Waals surface area contributed by atoms with Gasteiger partial charge in [-0.2, -0.15) is 0 Å². The molecule has 0 bridgehead atoms. The van der Waals surface area contributed by atoms with E-state index in [-0.39, 0.29) is 19.0 Å². The Morgan fingerprint density at radius 2 is 2.07 bits per heavy atom. The topological polar surface area (TPSA) is 56.7 Å². The molecule has 1 fully saturated rings. The predicted octanol–water partition coefficient (Wildman–Crippen LogP) is 2.65. The average molecular weight is 389 g/mol. The van der Waals surface area contributed by atoms with E-state index in [4.69, 9.17) is 0 Å². The molecule has 1 N–H and O–H groups in total. The van der Waals surface area contributed by atoms with Crippen molar-refractivity contribution in [1.82, 2.24) is 14.8 Å². The summed E-state index contributed by atoms with van der Waals surface area (Å²) < 4.78 is 26.6. The van der Waals surface area contributed by atoms with Crippen molar-refractivity contribution in [3.05, 3.63) is 65.0 Å². The van der Waals surface area contributed by atoms with Crippen LogP contribution in [0.2, 0.25) is 0 Å². The number of carbonyl (C=O) groups is 1. The van der Waals surface area contributed by atoms with E-state index in [1.54, 1.807) is 6.20 Å². The Morgan fingerprint density at radius 1 is 1.29 bits per heavy atom. The van der Waals surface area contributed by atoms with Crippen LogP contribution >= 0.6 is 0 Å². The summed E-state index contributed by atoms with van der Waals surface area (Å²) in [7, 11) is 1.84. The fourth-order valence-corrected chi connectivity index (χ4v) is 3.66. The van der Waals surface area contributed by atoms with Crippen LogP contribution in [0.1, 0.15) is 29.7 Å². The molecule has 1 aliphatic heterocycles. The third kappa shape index (κ3) is 4.54. The fourth-order valence-electron chi connectivity index (χ4n) is 3.66. The van der Waals surface area contributed by atoms with Crippen molar-refractivity contribution in [2.45, 2.75) is 38.5 Å². The third-order valence-corrected chi connectivity index (χ3v) is 5.13. The number of carbonyl (C=O) groups excluding carboxylic acids is 1. The zero-order valence-corrected chi connectivity index (χ0v) is 16.2. The molecule has 150 valence electrons. The number of aliphatic hydroxyl groups is 1. The van der Waals surface area contributed by atoms with Crippen LogP contribution in [0, 0.1) is 18.6 Å². The summed E-state index contributed by atoms with van der Waals surface area (Å²) in [4.78, 5) is 20.7. The normalized spacial score (nSPS) is 20.1. The van der Waals surface area contributed by atoms with Gasteiger partial charge in [0.25, 0.3) is 5.91 Å². The van der Waals surface area contributed by atoms with Crippen LogP contribution in [-0.4, -0.2) is 51.5 Å². The van der Waals surface area contributed by atoms with Gasteiger partial charge in [-0.05, 0) is 56.1 Å². The lowest BCUT2D eigenvalue weighted by Crippen LogP contribution is -2.57. The van der Waals surface area contributed by atoms with Gasteiger partial charge in [-0.3, -0.25) is 14.7 Å². The lowest BCUT2D eigenvalue weighted by molar-refractivity contribution is -0.160. The highest BCUT2D eigenvalue weighted by Crippen LogP contribution is 2.26. The number of nitrogens with zero attached hydrogens (tertiary/aromatic N) is 3. The smallest absolute Gasteiger partial charge is 0.256 e. The molecule has 1 amide bonds. The molecule has 2 heterocycles. The van der Waals surface area contributed by atoms with Crippen LogP contribution in [0.15, 0.2) is 36.5 Å². The molecule has 1 unspecified atom stereocenters. The second-order valence-electron chi connectivity index (χ2n) is 7.55. The lowest BCUT2D eigenvalue weighted by atomic mass is 9.90. The van der Waals surface area contributed by atoms with Gasteiger partial charge in [-0.25, -0.2) is 8.78 Å². The molecule has 0 radical (unpaired) electrons. The van der Waals surface area contributed by atoms with E-state index in [1.807, 2.05) is 31.0 Å². The summed E-state index contributed by atoms with van der Waals surface area (Å²) in [5.74, 6) is -2.24. The first-order chi connectivity index (χ1) is 13.3. The van der Waals surface area contributed by atoms with Gasteiger partial charge < -0.3 is 10.0 Å². The van der Waals surface area contributed by atoms with Gasteiger partial charge in [0.2, 0.25) is 0 Å². The van der Waals surface area contributed by atoms with Gasteiger partial charge in [-0.1, -0.05) is 12.1 Å². The van der Waals surface area contributed by atoms with Crippen molar-refractivity contribution in [1.29, 1.82) is 0 Å². The highest BCUT2D eigenvalue weighted by molar-refractivity contribution is 5.86. The Morgan fingerprint density at radius 3 is 2.79 bits per heavy atom. The minimum atomic E-state index is -1.51. The minimum absolute atomic E-state index is 0.140. The molecular weight excluding hydrogens is 364 g/mol. The van der Waals surface area contributed by atoms with Crippen molar-refractivity contribution in [3.8, 4) is 0 Å². The van der Waals surface area contributed by atoms with Gasteiger partial charge >= 0.3 is 0 Å². The molecule has 1 aromatic heterocycles. The molecule has 0 saturated carbocycles. The molecule has 5 nitrogen and oxygen atoms in total. The second kappa shape index (κ2) is 8.32. The molecule has 1 aromatic carbocycles. The number of halogens is 2. The summed E-state index contributed by atoms with van der Waals surface area (Å²) in [5, 5.41) is 11.0. The van der Waals surface area contributed by atoms with Crippen LogP contribution in [0.3, 0.4) is 0 Å². The number of benzene rings is 1. The molecule has 0 aliphatic carbocycles. The number of amides is 1. The first-order valence-corrected chi connectivity index (χ1v) is 9.33. The van der Waals surface area contributed by atoms with Crippen molar-refractivity contribution in [2.75, 3.05) is 20.1 Å². The molecule has 3 rings (SSSR count). The maximum atomic E-state index is 13.5.